The molecule has 0 heterocycles. The molecule has 6 heteroatoms. The van der Waals surface area contributed by atoms with Crippen LogP contribution in [0, 0.1) is 0 Å². The lowest BCUT2D eigenvalue weighted by atomic mass is 10.3. The van der Waals surface area contributed by atoms with Gasteiger partial charge in [-0.15, -0.1) is 0 Å². The van der Waals surface area contributed by atoms with Gasteiger partial charge in [0, 0.05) is 0 Å². The highest BCUT2D eigenvalue weighted by molar-refractivity contribution is 6.32. The van der Waals surface area contributed by atoms with Crippen LogP contribution in [0.5, 0.6) is 5.75 Å². The van der Waals surface area contributed by atoms with Crippen molar-refractivity contribution in [2.75, 3.05) is 19.8 Å². The van der Waals surface area contributed by atoms with Crippen LogP contribution in [0.1, 0.15) is 6.92 Å². The van der Waals surface area contributed by atoms with Gasteiger partial charge in [-0.1, -0.05) is 18.2 Å². The third-order valence-electron chi connectivity index (χ3n) is 1.82. The Morgan fingerprint density at radius 2 is 1.89 bits per heavy atom. The van der Waals surface area contributed by atoms with Crippen molar-refractivity contribution in [3.8, 4) is 5.75 Å². The molecule has 0 aliphatic carbocycles. The second kappa shape index (κ2) is 8.08. The van der Waals surface area contributed by atoms with Gasteiger partial charge in [-0.05, 0) is 19.1 Å². The van der Waals surface area contributed by atoms with Gasteiger partial charge in [-0.3, -0.25) is 9.63 Å². The SMILES string of the molecule is CCOC(=O)C(=O)NOCCOc1ccccc1. The summed E-state index contributed by atoms with van der Waals surface area (Å²) in [7, 11) is 0. The number of benzene rings is 1. The zero-order chi connectivity index (χ0) is 13.2. The fourth-order valence-electron chi connectivity index (χ4n) is 1.07. The minimum Gasteiger partial charge on any atom is -0.491 e. The molecule has 0 bridgehead atoms. The molecule has 0 saturated heterocycles. The van der Waals surface area contributed by atoms with Crippen molar-refractivity contribution in [2.24, 2.45) is 0 Å². The summed E-state index contributed by atoms with van der Waals surface area (Å²) in [5.74, 6) is -1.20. The molecule has 0 atom stereocenters. The summed E-state index contributed by atoms with van der Waals surface area (Å²) in [4.78, 5) is 26.7. The van der Waals surface area contributed by atoms with Gasteiger partial charge in [-0.25, -0.2) is 10.3 Å². The Labute approximate surface area is 105 Å². The van der Waals surface area contributed by atoms with Crippen molar-refractivity contribution in [1.82, 2.24) is 5.48 Å². The molecular formula is C12H15NO5. The Kier molecular flexibility index (Phi) is 6.27. The first-order chi connectivity index (χ1) is 8.74. The third-order valence-corrected chi connectivity index (χ3v) is 1.82. The number of ether oxygens (including phenoxy) is 2. The van der Waals surface area contributed by atoms with Gasteiger partial charge in [0.1, 0.15) is 19.0 Å². The van der Waals surface area contributed by atoms with Crippen molar-refractivity contribution < 1.29 is 23.9 Å². The Morgan fingerprint density at radius 1 is 1.17 bits per heavy atom. The summed E-state index contributed by atoms with van der Waals surface area (Å²) in [6, 6.07) is 9.18. The number of hydrogen-bond acceptors (Lipinski definition) is 5. The minimum absolute atomic E-state index is 0.125. The van der Waals surface area contributed by atoms with E-state index in [4.69, 9.17) is 9.57 Å². The minimum atomic E-state index is -0.971. The molecule has 18 heavy (non-hydrogen) atoms. The largest absolute Gasteiger partial charge is 0.491 e. The number of rotatable bonds is 6. The summed E-state index contributed by atoms with van der Waals surface area (Å²) in [5, 5.41) is 0. The Hall–Kier alpha value is -2.08. The molecular weight excluding hydrogens is 238 g/mol. The summed E-state index contributed by atoms with van der Waals surface area (Å²) >= 11 is 0. The number of amides is 1. The molecule has 1 rings (SSSR count). The quantitative estimate of drug-likeness (QED) is 0.349. The van der Waals surface area contributed by atoms with Crippen LogP contribution >= 0.6 is 0 Å². The van der Waals surface area contributed by atoms with Crippen molar-refractivity contribution in [2.45, 2.75) is 6.92 Å². The molecule has 0 saturated carbocycles. The van der Waals surface area contributed by atoms with Gasteiger partial charge in [0.05, 0.1) is 6.61 Å². The zero-order valence-corrected chi connectivity index (χ0v) is 10.0. The number of hydroxylamine groups is 1. The first-order valence-corrected chi connectivity index (χ1v) is 5.50. The van der Waals surface area contributed by atoms with Crippen LogP contribution in [-0.4, -0.2) is 31.7 Å². The van der Waals surface area contributed by atoms with Crippen LogP contribution in [-0.2, 0) is 19.2 Å². The maximum absolute atomic E-state index is 11.0. The van der Waals surface area contributed by atoms with Crippen LogP contribution in [0.2, 0.25) is 0 Å². The second-order valence-electron chi connectivity index (χ2n) is 3.16. The predicted octanol–water partition coefficient (Wildman–Crippen LogP) is 0.676. The third kappa shape index (κ3) is 5.31. The monoisotopic (exact) mass is 253 g/mol. The normalized spacial score (nSPS) is 9.61. The van der Waals surface area contributed by atoms with Gasteiger partial charge >= 0.3 is 11.9 Å². The average Bonchev–Trinajstić information content (AvgIpc) is 2.39. The van der Waals surface area contributed by atoms with E-state index >= 15 is 0 Å². The molecule has 1 aromatic carbocycles. The molecule has 0 fully saturated rings. The number of esters is 1. The number of nitrogens with one attached hydrogen (secondary N) is 1. The van der Waals surface area contributed by atoms with Crippen molar-refractivity contribution in [1.29, 1.82) is 0 Å². The Balaban J connectivity index is 2.09. The molecule has 0 aliphatic rings. The molecule has 0 radical (unpaired) electrons. The number of para-hydroxylation sites is 1. The molecule has 98 valence electrons. The van der Waals surface area contributed by atoms with E-state index in [0.29, 0.717) is 5.75 Å². The fraction of sp³-hybridized carbons (Fsp3) is 0.333. The molecule has 0 aliphatic heterocycles. The van der Waals surface area contributed by atoms with Crippen LogP contribution in [0.25, 0.3) is 0 Å². The van der Waals surface area contributed by atoms with Crippen molar-refractivity contribution >= 4 is 11.9 Å². The fourth-order valence-corrected chi connectivity index (χ4v) is 1.07. The Morgan fingerprint density at radius 3 is 2.56 bits per heavy atom. The van der Waals surface area contributed by atoms with E-state index in [-0.39, 0.29) is 19.8 Å². The standard InChI is InChI=1S/C12H15NO5/c1-2-16-12(15)11(14)13-18-9-8-17-10-6-4-3-5-7-10/h3-7H,2,8-9H2,1H3,(H,13,14). The molecule has 0 spiro atoms. The summed E-state index contributed by atoms with van der Waals surface area (Å²) in [6.45, 7) is 2.14. The summed E-state index contributed by atoms with van der Waals surface area (Å²) in [6.07, 6.45) is 0. The highest BCUT2D eigenvalue weighted by atomic mass is 16.7. The Bertz CT molecular complexity index is 379. The van der Waals surface area contributed by atoms with E-state index in [1.807, 2.05) is 23.7 Å². The van der Waals surface area contributed by atoms with Crippen LogP contribution in [0.4, 0.5) is 0 Å². The summed E-state index contributed by atoms with van der Waals surface area (Å²) < 4.78 is 9.77. The second-order valence-corrected chi connectivity index (χ2v) is 3.16. The lowest BCUT2D eigenvalue weighted by Crippen LogP contribution is -2.33. The molecule has 1 aromatic rings. The topological polar surface area (TPSA) is 73.9 Å². The van der Waals surface area contributed by atoms with Crippen LogP contribution in [0.3, 0.4) is 0 Å². The highest BCUT2D eigenvalue weighted by Crippen LogP contribution is 2.07. The number of carbonyl (C=O) groups excluding carboxylic acids is 2. The van der Waals surface area contributed by atoms with Crippen molar-refractivity contribution in [3.63, 3.8) is 0 Å². The van der Waals surface area contributed by atoms with E-state index < -0.39 is 11.9 Å². The number of carbonyl (C=O) groups is 2. The first-order valence-electron chi connectivity index (χ1n) is 5.50. The number of hydrogen-bond donors (Lipinski definition) is 1. The van der Waals surface area contributed by atoms with Gasteiger partial charge in [-0.2, -0.15) is 0 Å². The highest BCUT2D eigenvalue weighted by Gasteiger charge is 2.13. The maximum atomic E-state index is 11.0. The van der Waals surface area contributed by atoms with Gasteiger partial charge in [0.15, 0.2) is 0 Å². The van der Waals surface area contributed by atoms with Gasteiger partial charge < -0.3 is 9.47 Å². The first kappa shape index (κ1) is 14.0. The maximum Gasteiger partial charge on any atom is 0.399 e. The van der Waals surface area contributed by atoms with E-state index in [0.717, 1.165) is 0 Å². The van der Waals surface area contributed by atoms with E-state index in [9.17, 15) is 9.59 Å². The lowest BCUT2D eigenvalue weighted by molar-refractivity contribution is -0.160. The lowest BCUT2D eigenvalue weighted by Gasteiger charge is -2.07. The average molecular weight is 253 g/mol. The van der Waals surface area contributed by atoms with Gasteiger partial charge in [0.2, 0.25) is 0 Å². The zero-order valence-electron chi connectivity index (χ0n) is 10.0. The molecule has 1 amide bonds. The van der Waals surface area contributed by atoms with E-state index in [1.165, 1.54) is 0 Å². The summed E-state index contributed by atoms with van der Waals surface area (Å²) in [5.41, 5.74) is 1.96. The molecule has 1 N–H and O–H groups in total. The molecule has 0 aromatic heterocycles. The van der Waals surface area contributed by atoms with Crippen LogP contribution in [0.15, 0.2) is 30.3 Å². The molecule has 0 unspecified atom stereocenters. The van der Waals surface area contributed by atoms with Gasteiger partial charge in [0.25, 0.3) is 0 Å². The van der Waals surface area contributed by atoms with Crippen LogP contribution < -0.4 is 10.2 Å². The smallest absolute Gasteiger partial charge is 0.399 e. The molecule has 6 nitrogen and oxygen atoms in total. The van der Waals surface area contributed by atoms with Crippen molar-refractivity contribution in [3.05, 3.63) is 30.3 Å². The van der Waals surface area contributed by atoms with E-state index in [1.54, 1.807) is 19.1 Å². The van der Waals surface area contributed by atoms with E-state index in [2.05, 4.69) is 4.74 Å². The predicted molar refractivity (Wildman–Crippen MR) is 62.7 cm³/mol.